The number of hydrogen-bond donors (Lipinski definition) is 1. The van der Waals surface area contributed by atoms with Crippen molar-refractivity contribution in [2.75, 3.05) is 40.3 Å². The zero-order valence-corrected chi connectivity index (χ0v) is 12.3. The molecule has 1 aliphatic carbocycles. The molecule has 1 amide bonds. The Hall–Kier alpha value is -0.610. The van der Waals surface area contributed by atoms with E-state index in [1.54, 1.807) is 0 Å². The largest absolute Gasteiger partial charge is 0.396 e. The van der Waals surface area contributed by atoms with Gasteiger partial charge >= 0.3 is 0 Å². The topological polar surface area (TPSA) is 43.8 Å². The summed E-state index contributed by atoms with van der Waals surface area (Å²) < 4.78 is 0. The van der Waals surface area contributed by atoms with Gasteiger partial charge in [-0.2, -0.15) is 0 Å². The Kier molecular flexibility index (Phi) is 5.22. The Morgan fingerprint density at radius 1 is 1.21 bits per heavy atom. The summed E-state index contributed by atoms with van der Waals surface area (Å²) in [6.45, 7) is 3.47. The lowest BCUT2D eigenvalue weighted by Gasteiger charge is -2.30. The molecule has 0 aromatic carbocycles. The minimum atomic E-state index is 0.201. The summed E-state index contributed by atoms with van der Waals surface area (Å²) in [4.78, 5) is 16.7. The first-order chi connectivity index (χ1) is 9.10. The number of hydrogen-bond acceptors (Lipinski definition) is 3. The Balaban J connectivity index is 1.76. The normalized spacial score (nSPS) is 32.5. The average Bonchev–Trinajstić information content (AvgIpc) is 2.83. The molecule has 0 spiro atoms. The zero-order valence-electron chi connectivity index (χ0n) is 12.3. The predicted octanol–water partition coefficient (Wildman–Crippen LogP) is 1.20. The molecule has 2 aliphatic rings. The molecule has 1 unspecified atom stereocenters. The van der Waals surface area contributed by atoms with Crippen LogP contribution in [0.1, 0.15) is 32.1 Å². The maximum Gasteiger partial charge on any atom is 0.225 e. The Labute approximate surface area is 116 Å². The smallest absolute Gasteiger partial charge is 0.225 e. The molecule has 0 aromatic heterocycles. The molecule has 0 radical (unpaired) electrons. The van der Waals surface area contributed by atoms with Gasteiger partial charge in [0.1, 0.15) is 0 Å². The molecule has 4 nitrogen and oxygen atoms in total. The summed E-state index contributed by atoms with van der Waals surface area (Å²) in [5.74, 6) is 1.60. The summed E-state index contributed by atoms with van der Waals surface area (Å²) in [6.07, 6.45) is 5.14. The highest BCUT2D eigenvalue weighted by atomic mass is 16.3. The molecule has 1 N–H and O–H groups in total. The number of amides is 1. The van der Waals surface area contributed by atoms with Gasteiger partial charge in [0.15, 0.2) is 0 Å². The number of carbonyl (C=O) groups excluding carboxylic acids is 1. The van der Waals surface area contributed by atoms with E-state index in [0.717, 1.165) is 45.3 Å². The Morgan fingerprint density at radius 3 is 2.42 bits per heavy atom. The van der Waals surface area contributed by atoms with E-state index in [2.05, 4.69) is 11.9 Å². The van der Waals surface area contributed by atoms with Gasteiger partial charge in [-0.3, -0.25) is 4.79 Å². The van der Waals surface area contributed by atoms with Crippen molar-refractivity contribution in [3.8, 4) is 0 Å². The van der Waals surface area contributed by atoms with Crippen LogP contribution in [0.4, 0.5) is 0 Å². The van der Waals surface area contributed by atoms with E-state index < -0.39 is 0 Å². The van der Waals surface area contributed by atoms with Crippen molar-refractivity contribution < 1.29 is 9.90 Å². The Morgan fingerprint density at radius 2 is 1.89 bits per heavy atom. The molecule has 1 saturated carbocycles. The second kappa shape index (κ2) is 6.71. The number of rotatable bonds is 4. The van der Waals surface area contributed by atoms with Crippen LogP contribution < -0.4 is 0 Å². The minimum absolute atomic E-state index is 0.201. The van der Waals surface area contributed by atoms with Crippen molar-refractivity contribution in [2.24, 2.45) is 17.8 Å². The summed E-state index contributed by atoms with van der Waals surface area (Å²) >= 11 is 0. The van der Waals surface area contributed by atoms with Crippen molar-refractivity contribution in [1.29, 1.82) is 0 Å². The lowest BCUT2D eigenvalue weighted by molar-refractivity contribution is -0.136. The van der Waals surface area contributed by atoms with Crippen molar-refractivity contribution >= 4 is 5.91 Å². The SMILES string of the molecule is CN1CCC(CN(C)C(=O)C2CCC(CO)CC2)C1. The van der Waals surface area contributed by atoms with Crippen LogP contribution in [0.2, 0.25) is 0 Å². The lowest BCUT2D eigenvalue weighted by atomic mass is 9.81. The van der Waals surface area contributed by atoms with E-state index in [-0.39, 0.29) is 12.5 Å². The van der Waals surface area contributed by atoms with Crippen LogP contribution in [-0.4, -0.2) is 61.2 Å². The number of likely N-dealkylation sites (tertiary alicyclic amines) is 1. The van der Waals surface area contributed by atoms with E-state index in [9.17, 15) is 4.79 Å². The first-order valence-corrected chi connectivity index (χ1v) is 7.64. The van der Waals surface area contributed by atoms with Crippen LogP contribution in [0.15, 0.2) is 0 Å². The highest BCUT2D eigenvalue weighted by molar-refractivity contribution is 5.78. The lowest BCUT2D eigenvalue weighted by Crippen LogP contribution is -2.38. The highest BCUT2D eigenvalue weighted by Crippen LogP contribution is 2.29. The molecular formula is C15H28N2O2. The molecule has 110 valence electrons. The van der Waals surface area contributed by atoms with Crippen molar-refractivity contribution in [1.82, 2.24) is 9.80 Å². The van der Waals surface area contributed by atoms with Crippen LogP contribution in [0.3, 0.4) is 0 Å². The van der Waals surface area contributed by atoms with Gasteiger partial charge in [-0.15, -0.1) is 0 Å². The molecule has 1 heterocycles. The van der Waals surface area contributed by atoms with E-state index in [0.29, 0.717) is 17.7 Å². The first-order valence-electron chi connectivity index (χ1n) is 7.64. The molecule has 1 aliphatic heterocycles. The molecule has 1 saturated heterocycles. The Bertz CT molecular complexity index is 301. The maximum absolute atomic E-state index is 12.4. The fraction of sp³-hybridized carbons (Fsp3) is 0.933. The number of aliphatic hydroxyl groups is 1. The van der Waals surface area contributed by atoms with Gasteiger partial charge in [-0.1, -0.05) is 0 Å². The van der Waals surface area contributed by atoms with E-state index in [1.807, 2.05) is 11.9 Å². The fourth-order valence-electron chi connectivity index (χ4n) is 3.56. The molecule has 19 heavy (non-hydrogen) atoms. The molecule has 0 bridgehead atoms. The quantitative estimate of drug-likeness (QED) is 0.833. The van der Waals surface area contributed by atoms with E-state index >= 15 is 0 Å². The van der Waals surface area contributed by atoms with Gasteiger partial charge in [0, 0.05) is 32.7 Å². The van der Waals surface area contributed by atoms with Gasteiger partial charge in [-0.25, -0.2) is 0 Å². The van der Waals surface area contributed by atoms with Crippen LogP contribution >= 0.6 is 0 Å². The molecule has 4 heteroatoms. The third kappa shape index (κ3) is 3.93. The van der Waals surface area contributed by atoms with Gasteiger partial charge in [0.25, 0.3) is 0 Å². The molecule has 1 atom stereocenters. The first kappa shape index (κ1) is 14.8. The highest BCUT2D eigenvalue weighted by Gasteiger charge is 2.29. The average molecular weight is 268 g/mol. The van der Waals surface area contributed by atoms with Crippen LogP contribution in [0.25, 0.3) is 0 Å². The molecule has 2 fully saturated rings. The summed E-state index contributed by atoms with van der Waals surface area (Å²) in [5.41, 5.74) is 0. The van der Waals surface area contributed by atoms with Crippen molar-refractivity contribution in [2.45, 2.75) is 32.1 Å². The number of aliphatic hydroxyl groups excluding tert-OH is 1. The number of nitrogens with zero attached hydrogens (tertiary/aromatic N) is 2. The van der Waals surface area contributed by atoms with Crippen LogP contribution in [0.5, 0.6) is 0 Å². The van der Waals surface area contributed by atoms with E-state index in [4.69, 9.17) is 5.11 Å². The summed E-state index contributed by atoms with van der Waals surface area (Å²) in [5, 5.41) is 9.14. The van der Waals surface area contributed by atoms with Crippen molar-refractivity contribution in [3.05, 3.63) is 0 Å². The van der Waals surface area contributed by atoms with Gasteiger partial charge in [0.05, 0.1) is 0 Å². The monoisotopic (exact) mass is 268 g/mol. The second-order valence-corrected chi connectivity index (χ2v) is 6.54. The minimum Gasteiger partial charge on any atom is -0.396 e. The number of carbonyl (C=O) groups is 1. The molecular weight excluding hydrogens is 240 g/mol. The van der Waals surface area contributed by atoms with Crippen LogP contribution in [-0.2, 0) is 4.79 Å². The second-order valence-electron chi connectivity index (χ2n) is 6.54. The fourth-order valence-corrected chi connectivity index (χ4v) is 3.56. The zero-order chi connectivity index (χ0) is 13.8. The summed E-state index contributed by atoms with van der Waals surface area (Å²) in [7, 11) is 4.11. The third-order valence-corrected chi connectivity index (χ3v) is 4.85. The summed E-state index contributed by atoms with van der Waals surface area (Å²) in [6, 6.07) is 0. The van der Waals surface area contributed by atoms with Crippen LogP contribution in [0, 0.1) is 17.8 Å². The molecule has 0 aromatic rings. The van der Waals surface area contributed by atoms with E-state index in [1.165, 1.54) is 6.42 Å². The molecule has 2 rings (SSSR count). The standard InChI is InChI=1S/C15H28N2O2/c1-16-8-7-13(9-16)10-17(2)15(19)14-5-3-12(11-18)4-6-14/h12-14,18H,3-11H2,1-2H3. The van der Waals surface area contributed by atoms with Crippen molar-refractivity contribution in [3.63, 3.8) is 0 Å². The van der Waals surface area contributed by atoms with Gasteiger partial charge in [0.2, 0.25) is 5.91 Å². The third-order valence-electron chi connectivity index (χ3n) is 4.85. The van der Waals surface area contributed by atoms with Gasteiger partial charge in [-0.05, 0) is 57.5 Å². The predicted molar refractivity (Wildman–Crippen MR) is 75.8 cm³/mol. The van der Waals surface area contributed by atoms with Gasteiger partial charge < -0.3 is 14.9 Å². The maximum atomic E-state index is 12.4.